The number of hydrogen-bond acceptors (Lipinski definition) is 5. The largest absolute Gasteiger partial charge is 0.452 e. The summed E-state index contributed by atoms with van der Waals surface area (Å²) in [4.78, 5) is 17.0. The highest BCUT2D eigenvalue weighted by Crippen LogP contribution is 2.36. The van der Waals surface area contributed by atoms with Gasteiger partial charge in [0.25, 0.3) is 0 Å². The van der Waals surface area contributed by atoms with Crippen molar-refractivity contribution < 1.29 is 9.21 Å². The number of pyridine rings is 1. The van der Waals surface area contributed by atoms with Crippen LogP contribution in [0.25, 0.3) is 22.5 Å². The first-order valence-electron chi connectivity index (χ1n) is 9.96. The second-order valence-corrected chi connectivity index (χ2v) is 7.57. The molecule has 0 saturated carbocycles. The normalized spacial score (nSPS) is 11.4. The van der Waals surface area contributed by atoms with Gasteiger partial charge in [0.1, 0.15) is 5.76 Å². The fourth-order valence-corrected chi connectivity index (χ4v) is 3.27. The fourth-order valence-electron chi connectivity index (χ4n) is 3.27. The summed E-state index contributed by atoms with van der Waals surface area (Å²) < 4.78 is 6.16. The quantitative estimate of drug-likeness (QED) is 0.405. The maximum Gasteiger partial charge on any atom is 0.213 e. The average Bonchev–Trinajstić information content (AvgIpc) is 3.16. The Kier molecular flexibility index (Phi) is 6.62. The van der Waals surface area contributed by atoms with Crippen LogP contribution in [0.4, 0.5) is 0 Å². The number of hydrazine groups is 1. The predicted molar refractivity (Wildman–Crippen MR) is 117 cm³/mol. The van der Waals surface area contributed by atoms with Gasteiger partial charge in [0.2, 0.25) is 5.78 Å². The molecule has 0 bridgehead atoms. The van der Waals surface area contributed by atoms with Crippen LogP contribution in [0.2, 0.25) is 0 Å². The molecule has 152 valence electrons. The third-order valence-corrected chi connectivity index (χ3v) is 5.18. The van der Waals surface area contributed by atoms with Crippen molar-refractivity contribution in [2.24, 2.45) is 0 Å². The molecule has 2 heterocycles. The Labute approximate surface area is 172 Å². The van der Waals surface area contributed by atoms with Gasteiger partial charge in [-0.05, 0) is 54.3 Å². The molecule has 5 heteroatoms. The molecule has 0 radical (unpaired) electrons. The monoisotopic (exact) mass is 391 g/mol. The Morgan fingerprint density at radius 3 is 2.41 bits per heavy atom. The SMILES string of the molecule is CCCc1cc(-c2oc(C(=O)CN(C)N(C)C)cc2-c2ccncc2)ccc1C. The van der Waals surface area contributed by atoms with Crippen LogP contribution in [0.5, 0.6) is 0 Å². The van der Waals surface area contributed by atoms with Gasteiger partial charge in [-0.2, -0.15) is 0 Å². The number of furan rings is 1. The molecule has 0 aliphatic carbocycles. The summed E-state index contributed by atoms with van der Waals surface area (Å²) in [7, 11) is 5.69. The number of rotatable bonds is 8. The van der Waals surface area contributed by atoms with E-state index >= 15 is 0 Å². The molecule has 0 atom stereocenters. The number of carbonyl (C=O) groups excluding carboxylic acids is 1. The molecule has 3 rings (SSSR count). The minimum Gasteiger partial charge on any atom is -0.452 e. The molecule has 0 N–H and O–H groups in total. The first-order valence-corrected chi connectivity index (χ1v) is 9.96. The predicted octanol–water partition coefficient (Wildman–Crippen LogP) is 4.86. The van der Waals surface area contributed by atoms with Crippen LogP contribution in [0.15, 0.2) is 53.2 Å². The Bertz CT molecular complexity index is 977. The van der Waals surface area contributed by atoms with E-state index in [1.54, 1.807) is 12.4 Å². The third-order valence-electron chi connectivity index (χ3n) is 5.18. The van der Waals surface area contributed by atoms with Crippen molar-refractivity contribution in [1.29, 1.82) is 0 Å². The van der Waals surface area contributed by atoms with Crippen LogP contribution in [0.3, 0.4) is 0 Å². The second kappa shape index (κ2) is 9.16. The zero-order chi connectivity index (χ0) is 21.0. The summed E-state index contributed by atoms with van der Waals surface area (Å²) in [5.41, 5.74) is 5.47. The number of aromatic nitrogens is 1. The maximum atomic E-state index is 12.8. The first-order chi connectivity index (χ1) is 13.9. The average molecular weight is 392 g/mol. The van der Waals surface area contributed by atoms with Gasteiger partial charge in [-0.15, -0.1) is 0 Å². The molecule has 0 fully saturated rings. The fraction of sp³-hybridized carbons (Fsp3) is 0.333. The highest BCUT2D eigenvalue weighted by atomic mass is 16.3. The minimum absolute atomic E-state index is 0.0522. The van der Waals surface area contributed by atoms with Gasteiger partial charge in [0.15, 0.2) is 5.76 Å². The number of aryl methyl sites for hydroxylation is 2. The lowest BCUT2D eigenvalue weighted by molar-refractivity contribution is 0.0477. The molecular formula is C24H29N3O2. The second-order valence-electron chi connectivity index (χ2n) is 7.57. The highest BCUT2D eigenvalue weighted by Gasteiger charge is 2.21. The topological polar surface area (TPSA) is 49.6 Å². The molecule has 0 saturated heterocycles. The maximum absolute atomic E-state index is 12.8. The zero-order valence-electron chi connectivity index (χ0n) is 17.9. The van der Waals surface area contributed by atoms with E-state index in [2.05, 4.69) is 37.0 Å². The molecule has 0 spiro atoms. The summed E-state index contributed by atoms with van der Waals surface area (Å²) in [5.74, 6) is 1.05. The number of nitrogens with zero attached hydrogens (tertiary/aromatic N) is 3. The van der Waals surface area contributed by atoms with E-state index in [9.17, 15) is 4.79 Å². The van der Waals surface area contributed by atoms with Crippen molar-refractivity contribution in [3.63, 3.8) is 0 Å². The van der Waals surface area contributed by atoms with Crippen LogP contribution < -0.4 is 0 Å². The number of benzene rings is 1. The summed E-state index contributed by atoms with van der Waals surface area (Å²) in [6.45, 7) is 4.57. The Morgan fingerprint density at radius 2 is 1.76 bits per heavy atom. The van der Waals surface area contributed by atoms with Crippen molar-refractivity contribution >= 4 is 5.78 Å². The van der Waals surface area contributed by atoms with Crippen LogP contribution in [0.1, 0.15) is 35.0 Å². The van der Waals surface area contributed by atoms with Crippen molar-refractivity contribution in [1.82, 2.24) is 15.0 Å². The molecule has 0 unspecified atom stereocenters. The Morgan fingerprint density at radius 1 is 1.03 bits per heavy atom. The summed E-state index contributed by atoms with van der Waals surface area (Å²) >= 11 is 0. The van der Waals surface area contributed by atoms with E-state index in [1.165, 1.54) is 11.1 Å². The minimum atomic E-state index is -0.0522. The molecule has 0 aliphatic rings. The van der Waals surface area contributed by atoms with Crippen LogP contribution in [-0.4, -0.2) is 48.5 Å². The Hall–Kier alpha value is -2.76. The number of likely N-dealkylation sites (N-methyl/N-ethyl adjacent to an activating group) is 1. The molecule has 5 nitrogen and oxygen atoms in total. The van der Waals surface area contributed by atoms with E-state index in [0.717, 1.165) is 35.3 Å². The number of hydrogen-bond donors (Lipinski definition) is 0. The summed E-state index contributed by atoms with van der Waals surface area (Å²) in [5, 5.41) is 3.73. The molecule has 1 aromatic carbocycles. The third kappa shape index (κ3) is 4.81. The van der Waals surface area contributed by atoms with Crippen molar-refractivity contribution in [2.75, 3.05) is 27.7 Å². The van der Waals surface area contributed by atoms with Gasteiger partial charge >= 0.3 is 0 Å². The highest BCUT2D eigenvalue weighted by molar-refractivity contribution is 5.98. The molecule has 0 amide bonds. The number of carbonyl (C=O) groups is 1. The van der Waals surface area contributed by atoms with Gasteiger partial charge in [-0.25, -0.2) is 10.0 Å². The molecule has 2 aromatic heterocycles. The van der Waals surface area contributed by atoms with Gasteiger partial charge in [0.05, 0.1) is 6.54 Å². The van der Waals surface area contributed by atoms with Crippen molar-refractivity contribution in [3.8, 4) is 22.5 Å². The van der Waals surface area contributed by atoms with Gasteiger partial charge in [-0.1, -0.05) is 25.5 Å². The van der Waals surface area contributed by atoms with E-state index in [4.69, 9.17) is 4.42 Å². The van der Waals surface area contributed by atoms with Crippen molar-refractivity contribution in [2.45, 2.75) is 26.7 Å². The molecule has 0 aliphatic heterocycles. The van der Waals surface area contributed by atoms with E-state index in [1.807, 2.05) is 49.4 Å². The number of ketones is 1. The van der Waals surface area contributed by atoms with Crippen LogP contribution in [0, 0.1) is 6.92 Å². The molecule has 3 aromatic rings. The first kappa shape index (κ1) is 21.0. The summed E-state index contributed by atoms with van der Waals surface area (Å²) in [6, 6.07) is 12.1. The van der Waals surface area contributed by atoms with E-state index in [-0.39, 0.29) is 12.3 Å². The molecular weight excluding hydrogens is 362 g/mol. The summed E-state index contributed by atoms with van der Waals surface area (Å²) in [6.07, 6.45) is 5.61. The van der Waals surface area contributed by atoms with Crippen LogP contribution >= 0.6 is 0 Å². The lowest BCUT2D eigenvalue weighted by atomic mass is 9.97. The van der Waals surface area contributed by atoms with Gasteiger partial charge in [0, 0.05) is 44.7 Å². The van der Waals surface area contributed by atoms with E-state index in [0.29, 0.717) is 5.76 Å². The lowest BCUT2D eigenvalue weighted by Gasteiger charge is -2.22. The van der Waals surface area contributed by atoms with E-state index < -0.39 is 0 Å². The van der Waals surface area contributed by atoms with Gasteiger partial charge < -0.3 is 4.42 Å². The standard InChI is InChI=1S/C24H29N3O2/c1-6-7-19-14-20(9-8-17(19)2)24-21(18-10-12-25-13-11-18)15-23(29-24)22(28)16-27(5)26(3)4/h8-15H,6-7,16H2,1-5H3. The van der Waals surface area contributed by atoms with Crippen molar-refractivity contribution in [3.05, 3.63) is 65.7 Å². The molecule has 29 heavy (non-hydrogen) atoms. The van der Waals surface area contributed by atoms with Crippen LogP contribution in [-0.2, 0) is 6.42 Å². The Balaban J connectivity index is 2.07. The lowest BCUT2D eigenvalue weighted by Crippen LogP contribution is -2.37. The zero-order valence-corrected chi connectivity index (χ0v) is 17.9. The number of Topliss-reactive ketones (excluding diaryl/α,β-unsaturated/α-hetero) is 1. The smallest absolute Gasteiger partial charge is 0.213 e. The van der Waals surface area contributed by atoms with Gasteiger partial charge in [-0.3, -0.25) is 9.78 Å².